The molecular formula is C20H22N4O3. The third-order valence-electron chi connectivity index (χ3n) is 3.87. The number of para-hydroxylation sites is 1. The molecule has 2 aromatic carbocycles. The van der Waals surface area contributed by atoms with Gasteiger partial charge in [-0.2, -0.15) is 5.10 Å². The molecule has 0 spiro atoms. The maximum absolute atomic E-state index is 12.0. The molecule has 0 fully saturated rings. The van der Waals surface area contributed by atoms with Crippen molar-refractivity contribution < 1.29 is 14.3 Å². The van der Waals surface area contributed by atoms with Gasteiger partial charge in [-0.05, 0) is 23.3 Å². The fraction of sp³-hybridized carbons (Fsp3) is 0.250. The number of hydrogen-bond donors (Lipinski definition) is 1. The zero-order valence-electron chi connectivity index (χ0n) is 15.0. The van der Waals surface area contributed by atoms with Crippen LogP contribution in [0.15, 0.2) is 67.3 Å². The molecule has 0 atom stereocenters. The Kier molecular flexibility index (Phi) is 6.94. The van der Waals surface area contributed by atoms with Crippen LogP contribution >= 0.6 is 0 Å². The highest BCUT2D eigenvalue weighted by molar-refractivity contribution is 5.77. The minimum atomic E-state index is -0.162. The number of carbonyl (C=O) groups is 1. The number of aromatic nitrogens is 3. The lowest BCUT2D eigenvalue weighted by Gasteiger charge is -2.11. The van der Waals surface area contributed by atoms with Crippen molar-refractivity contribution in [3.8, 4) is 5.75 Å². The van der Waals surface area contributed by atoms with Crippen LogP contribution in [0, 0.1) is 0 Å². The predicted molar refractivity (Wildman–Crippen MR) is 100 cm³/mol. The normalized spacial score (nSPS) is 10.5. The molecule has 0 aliphatic carbocycles. The number of hydrogen-bond acceptors (Lipinski definition) is 5. The van der Waals surface area contributed by atoms with E-state index in [4.69, 9.17) is 9.47 Å². The van der Waals surface area contributed by atoms with E-state index in [9.17, 15) is 4.79 Å². The van der Waals surface area contributed by atoms with Crippen LogP contribution in [0.1, 0.15) is 11.1 Å². The number of amides is 1. The standard InChI is InChI=1S/C20H22N4O3/c25-20(14-26-10-11-27-19-8-2-1-3-9-19)22-12-17-6-4-5-7-18(17)13-24-16-21-15-23-24/h1-9,15-16H,10-14H2,(H,22,25). The van der Waals surface area contributed by atoms with Crippen molar-refractivity contribution in [1.29, 1.82) is 0 Å². The van der Waals surface area contributed by atoms with Crippen LogP contribution in [0.2, 0.25) is 0 Å². The summed E-state index contributed by atoms with van der Waals surface area (Å²) in [5.74, 6) is 0.625. The number of nitrogens with zero attached hydrogens (tertiary/aromatic N) is 3. The number of benzene rings is 2. The highest BCUT2D eigenvalue weighted by Crippen LogP contribution is 2.10. The largest absolute Gasteiger partial charge is 0.491 e. The van der Waals surface area contributed by atoms with Crippen LogP contribution in [-0.2, 0) is 22.6 Å². The van der Waals surface area contributed by atoms with Crippen LogP contribution in [0.3, 0.4) is 0 Å². The Bertz CT molecular complexity index is 822. The first kappa shape index (κ1) is 18.6. The Hall–Kier alpha value is -3.19. The second-order valence-electron chi connectivity index (χ2n) is 5.85. The summed E-state index contributed by atoms with van der Waals surface area (Å²) in [4.78, 5) is 15.9. The first-order valence-electron chi connectivity index (χ1n) is 8.73. The van der Waals surface area contributed by atoms with Crippen molar-refractivity contribution in [3.05, 3.63) is 78.4 Å². The maximum Gasteiger partial charge on any atom is 0.246 e. The summed E-state index contributed by atoms with van der Waals surface area (Å²) in [5.41, 5.74) is 2.12. The number of carbonyl (C=O) groups excluding carboxylic acids is 1. The minimum absolute atomic E-state index is 0.00337. The van der Waals surface area contributed by atoms with Gasteiger partial charge in [-0.25, -0.2) is 9.67 Å². The van der Waals surface area contributed by atoms with Gasteiger partial charge in [0.2, 0.25) is 5.91 Å². The SMILES string of the molecule is O=C(COCCOc1ccccc1)NCc1ccccc1Cn1cncn1. The van der Waals surface area contributed by atoms with Crippen molar-refractivity contribution in [3.63, 3.8) is 0 Å². The Balaban J connectivity index is 1.37. The molecular weight excluding hydrogens is 344 g/mol. The van der Waals surface area contributed by atoms with Gasteiger partial charge in [0, 0.05) is 6.54 Å². The van der Waals surface area contributed by atoms with E-state index in [1.165, 1.54) is 6.33 Å². The van der Waals surface area contributed by atoms with Crippen LogP contribution < -0.4 is 10.1 Å². The average Bonchev–Trinajstić information content (AvgIpc) is 3.21. The lowest BCUT2D eigenvalue weighted by atomic mass is 10.1. The van der Waals surface area contributed by atoms with Crippen LogP contribution in [0.5, 0.6) is 5.75 Å². The lowest BCUT2D eigenvalue weighted by Crippen LogP contribution is -2.28. The number of ether oxygens (including phenoxy) is 2. The molecule has 1 N–H and O–H groups in total. The first-order chi connectivity index (χ1) is 13.3. The van der Waals surface area contributed by atoms with Crippen molar-refractivity contribution in [2.75, 3.05) is 19.8 Å². The van der Waals surface area contributed by atoms with Crippen molar-refractivity contribution in [2.24, 2.45) is 0 Å². The molecule has 27 heavy (non-hydrogen) atoms. The summed E-state index contributed by atoms with van der Waals surface area (Å²) in [5, 5.41) is 6.99. The molecule has 7 nitrogen and oxygen atoms in total. The molecule has 3 aromatic rings. The third kappa shape index (κ3) is 6.23. The van der Waals surface area contributed by atoms with Crippen LogP contribution in [0.25, 0.3) is 0 Å². The molecule has 0 saturated carbocycles. The Labute approximate surface area is 158 Å². The zero-order valence-corrected chi connectivity index (χ0v) is 15.0. The van der Waals surface area contributed by atoms with E-state index < -0.39 is 0 Å². The summed E-state index contributed by atoms with van der Waals surface area (Å²) in [6, 6.07) is 17.4. The summed E-state index contributed by atoms with van der Waals surface area (Å²) < 4.78 is 12.6. The lowest BCUT2D eigenvalue weighted by molar-refractivity contribution is -0.126. The molecule has 3 rings (SSSR count). The summed E-state index contributed by atoms with van der Waals surface area (Å²) in [6.07, 6.45) is 3.17. The quantitative estimate of drug-likeness (QED) is 0.556. The molecule has 1 amide bonds. The van der Waals surface area contributed by atoms with Gasteiger partial charge in [0.1, 0.15) is 31.6 Å². The van der Waals surface area contributed by atoms with Gasteiger partial charge in [0.25, 0.3) is 0 Å². The van der Waals surface area contributed by atoms with E-state index in [2.05, 4.69) is 15.4 Å². The van der Waals surface area contributed by atoms with Gasteiger partial charge in [0.05, 0.1) is 13.2 Å². The highest BCUT2D eigenvalue weighted by atomic mass is 16.5. The summed E-state index contributed by atoms with van der Waals surface area (Å²) >= 11 is 0. The minimum Gasteiger partial charge on any atom is -0.491 e. The fourth-order valence-electron chi connectivity index (χ4n) is 2.52. The molecule has 7 heteroatoms. The molecule has 1 heterocycles. The van der Waals surface area contributed by atoms with Gasteiger partial charge >= 0.3 is 0 Å². The summed E-state index contributed by atoms with van der Waals surface area (Å²) in [7, 11) is 0. The maximum atomic E-state index is 12.0. The Morgan fingerprint density at radius 1 is 1.00 bits per heavy atom. The molecule has 0 bridgehead atoms. The number of rotatable bonds is 10. The topological polar surface area (TPSA) is 78.3 Å². The highest BCUT2D eigenvalue weighted by Gasteiger charge is 2.06. The zero-order chi connectivity index (χ0) is 18.7. The summed E-state index contributed by atoms with van der Waals surface area (Å²) in [6.45, 7) is 1.81. The van der Waals surface area contributed by atoms with E-state index in [0.717, 1.165) is 16.9 Å². The van der Waals surface area contributed by atoms with Gasteiger partial charge in [0.15, 0.2) is 0 Å². The van der Waals surface area contributed by atoms with E-state index in [1.54, 1.807) is 11.0 Å². The van der Waals surface area contributed by atoms with Crippen molar-refractivity contribution >= 4 is 5.91 Å². The molecule has 0 unspecified atom stereocenters. The van der Waals surface area contributed by atoms with Gasteiger partial charge in [-0.15, -0.1) is 0 Å². The monoisotopic (exact) mass is 366 g/mol. The number of nitrogens with one attached hydrogen (secondary N) is 1. The van der Waals surface area contributed by atoms with Gasteiger partial charge < -0.3 is 14.8 Å². The second kappa shape index (κ2) is 10.1. The molecule has 0 aliphatic rings. The molecule has 0 radical (unpaired) electrons. The van der Waals surface area contributed by atoms with E-state index >= 15 is 0 Å². The predicted octanol–water partition coefficient (Wildman–Crippen LogP) is 2.04. The average molecular weight is 366 g/mol. The molecule has 140 valence electrons. The smallest absolute Gasteiger partial charge is 0.246 e. The third-order valence-corrected chi connectivity index (χ3v) is 3.87. The van der Waals surface area contributed by atoms with E-state index in [0.29, 0.717) is 26.3 Å². The van der Waals surface area contributed by atoms with Crippen molar-refractivity contribution in [2.45, 2.75) is 13.1 Å². The Morgan fingerprint density at radius 2 is 1.78 bits per heavy atom. The molecule has 0 saturated heterocycles. The molecule has 1 aromatic heterocycles. The first-order valence-corrected chi connectivity index (χ1v) is 8.73. The van der Waals surface area contributed by atoms with E-state index in [1.807, 2.05) is 54.6 Å². The van der Waals surface area contributed by atoms with Crippen LogP contribution in [-0.4, -0.2) is 40.5 Å². The van der Waals surface area contributed by atoms with Crippen LogP contribution in [0.4, 0.5) is 0 Å². The van der Waals surface area contributed by atoms with E-state index in [-0.39, 0.29) is 12.5 Å². The Morgan fingerprint density at radius 3 is 2.56 bits per heavy atom. The second-order valence-corrected chi connectivity index (χ2v) is 5.85. The van der Waals surface area contributed by atoms with Crippen molar-refractivity contribution in [1.82, 2.24) is 20.1 Å². The van der Waals surface area contributed by atoms with Gasteiger partial charge in [-0.3, -0.25) is 4.79 Å². The van der Waals surface area contributed by atoms with Gasteiger partial charge in [-0.1, -0.05) is 42.5 Å². The molecule has 0 aliphatic heterocycles. The fourth-order valence-corrected chi connectivity index (χ4v) is 2.52.